The van der Waals surface area contributed by atoms with Crippen LogP contribution < -0.4 is 10.2 Å². The van der Waals surface area contributed by atoms with Crippen LogP contribution in [0.25, 0.3) is 0 Å². The highest BCUT2D eigenvalue weighted by Gasteiger charge is 2.23. The van der Waals surface area contributed by atoms with E-state index in [4.69, 9.17) is 0 Å². The molecular formula is C21H27N2O+. The van der Waals surface area contributed by atoms with E-state index < -0.39 is 0 Å². The molecule has 0 saturated heterocycles. The van der Waals surface area contributed by atoms with Crippen molar-refractivity contribution in [3.63, 3.8) is 0 Å². The second-order valence-electron chi connectivity index (χ2n) is 6.65. The van der Waals surface area contributed by atoms with E-state index in [9.17, 15) is 4.79 Å². The van der Waals surface area contributed by atoms with Gasteiger partial charge in [-0.25, -0.2) is 0 Å². The van der Waals surface area contributed by atoms with E-state index in [1.807, 2.05) is 6.07 Å². The van der Waals surface area contributed by atoms with Crippen molar-refractivity contribution in [1.82, 2.24) is 5.32 Å². The van der Waals surface area contributed by atoms with Gasteiger partial charge in [0.15, 0.2) is 6.54 Å². The SMILES string of the molecule is CC[NH+](CC(=O)N[C@H]1CCCc2ccccc21)Cc1ccccc1. The molecule has 0 fully saturated rings. The van der Waals surface area contributed by atoms with Gasteiger partial charge in [0, 0.05) is 5.56 Å². The number of carbonyl (C=O) groups is 1. The van der Waals surface area contributed by atoms with Crippen molar-refractivity contribution in [2.75, 3.05) is 13.1 Å². The van der Waals surface area contributed by atoms with Crippen molar-refractivity contribution < 1.29 is 9.69 Å². The molecule has 3 rings (SSSR count). The lowest BCUT2D eigenvalue weighted by Crippen LogP contribution is -3.11. The first kappa shape index (κ1) is 16.7. The summed E-state index contributed by atoms with van der Waals surface area (Å²) < 4.78 is 0. The van der Waals surface area contributed by atoms with Crippen molar-refractivity contribution in [3.05, 3.63) is 71.3 Å². The lowest BCUT2D eigenvalue weighted by atomic mass is 9.88. The van der Waals surface area contributed by atoms with Crippen LogP contribution >= 0.6 is 0 Å². The molecule has 0 aromatic heterocycles. The Morgan fingerprint density at radius 2 is 1.88 bits per heavy atom. The molecule has 1 aliphatic rings. The molecule has 0 bridgehead atoms. The molecule has 1 amide bonds. The number of aryl methyl sites for hydroxylation is 1. The molecule has 2 atom stereocenters. The second-order valence-corrected chi connectivity index (χ2v) is 6.65. The first-order valence-corrected chi connectivity index (χ1v) is 9.01. The molecule has 24 heavy (non-hydrogen) atoms. The van der Waals surface area contributed by atoms with Crippen LogP contribution in [0.15, 0.2) is 54.6 Å². The fraction of sp³-hybridized carbons (Fsp3) is 0.381. The van der Waals surface area contributed by atoms with Crippen LogP contribution in [0.5, 0.6) is 0 Å². The maximum Gasteiger partial charge on any atom is 0.275 e. The van der Waals surface area contributed by atoms with Gasteiger partial charge in [0.05, 0.1) is 12.6 Å². The normalized spacial score (nSPS) is 17.8. The predicted octanol–water partition coefficient (Wildman–Crippen LogP) is 2.29. The minimum Gasteiger partial charge on any atom is -0.344 e. The van der Waals surface area contributed by atoms with Crippen molar-refractivity contribution in [2.24, 2.45) is 0 Å². The highest BCUT2D eigenvalue weighted by molar-refractivity contribution is 5.77. The summed E-state index contributed by atoms with van der Waals surface area (Å²) in [6, 6.07) is 19.1. The summed E-state index contributed by atoms with van der Waals surface area (Å²) in [5.41, 5.74) is 3.97. The molecule has 3 heteroatoms. The van der Waals surface area contributed by atoms with Gasteiger partial charge in [0.2, 0.25) is 0 Å². The van der Waals surface area contributed by atoms with Crippen molar-refractivity contribution in [3.8, 4) is 0 Å². The summed E-state index contributed by atoms with van der Waals surface area (Å²) in [6.07, 6.45) is 3.32. The highest BCUT2D eigenvalue weighted by atomic mass is 16.2. The van der Waals surface area contributed by atoms with E-state index in [-0.39, 0.29) is 11.9 Å². The zero-order valence-corrected chi connectivity index (χ0v) is 14.4. The number of nitrogens with one attached hydrogen (secondary N) is 2. The van der Waals surface area contributed by atoms with E-state index in [0.29, 0.717) is 6.54 Å². The number of rotatable bonds is 6. The minimum atomic E-state index is 0.157. The second kappa shape index (κ2) is 8.11. The summed E-state index contributed by atoms with van der Waals surface area (Å²) in [5.74, 6) is 0.157. The Kier molecular flexibility index (Phi) is 5.65. The number of carbonyl (C=O) groups excluding carboxylic acids is 1. The highest BCUT2D eigenvalue weighted by Crippen LogP contribution is 2.29. The maximum absolute atomic E-state index is 12.5. The van der Waals surface area contributed by atoms with Gasteiger partial charge in [-0.3, -0.25) is 4.79 Å². The standard InChI is InChI=1S/C21H26N2O/c1-2-23(15-17-9-4-3-5-10-17)16-21(24)22-20-14-8-12-18-11-6-7-13-19(18)20/h3-7,9-11,13,20H,2,8,12,14-16H2,1H3,(H,22,24)/p+1/t20-/m0/s1. The van der Waals surface area contributed by atoms with E-state index in [2.05, 4.69) is 60.8 Å². The fourth-order valence-electron chi connectivity index (χ4n) is 3.57. The lowest BCUT2D eigenvalue weighted by molar-refractivity contribution is -0.904. The molecule has 0 saturated carbocycles. The van der Waals surface area contributed by atoms with Gasteiger partial charge in [-0.1, -0.05) is 54.6 Å². The Bertz CT molecular complexity index is 669. The summed E-state index contributed by atoms with van der Waals surface area (Å²) >= 11 is 0. The van der Waals surface area contributed by atoms with Crippen LogP contribution in [0.4, 0.5) is 0 Å². The zero-order valence-electron chi connectivity index (χ0n) is 14.4. The van der Waals surface area contributed by atoms with Gasteiger partial charge < -0.3 is 10.2 Å². The molecule has 1 unspecified atom stereocenters. The molecule has 2 aromatic carbocycles. The molecular weight excluding hydrogens is 296 g/mol. The molecule has 0 heterocycles. The predicted molar refractivity (Wildman–Crippen MR) is 96.8 cm³/mol. The largest absolute Gasteiger partial charge is 0.344 e. The number of hydrogen-bond donors (Lipinski definition) is 2. The molecule has 3 nitrogen and oxygen atoms in total. The summed E-state index contributed by atoms with van der Waals surface area (Å²) in [4.78, 5) is 13.8. The van der Waals surface area contributed by atoms with Crippen molar-refractivity contribution in [1.29, 1.82) is 0 Å². The summed E-state index contributed by atoms with van der Waals surface area (Å²) in [5, 5.41) is 3.27. The number of fused-ring (bicyclic) bond motifs is 1. The number of amides is 1. The Balaban J connectivity index is 1.59. The minimum absolute atomic E-state index is 0.157. The molecule has 0 spiro atoms. The third-order valence-corrected chi connectivity index (χ3v) is 4.91. The quantitative estimate of drug-likeness (QED) is 0.840. The summed E-state index contributed by atoms with van der Waals surface area (Å²) in [7, 11) is 0. The van der Waals surface area contributed by atoms with Crippen LogP contribution in [0.3, 0.4) is 0 Å². The Morgan fingerprint density at radius 1 is 1.12 bits per heavy atom. The third kappa shape index (κ3) is 4.24. The molecule has 1 aliphatic carbocycles. The monoisotopic (exact) mass is 323 g/mol. The average molecular weight is 323 g/mol. The first-order valence-electron chi connectivity index (χ1n) is 9.01. The molecule has 2 N–H and O–H groups in total. The smallest absolute Gasteiger partial charge is 0.275 e. The zero-order chi connectivity index (χ0) is 16.8. The number of hydrogen-bond acceptors (Lipinski definition) is 1. The van der Waals surface area contributed by atoms with Gasteiger partial charge in [-0.05, 0) is 37.3 Å². The average Bonchev–Trinajstić information content (AvgIpc) is 2.62. The Labute approximate surface area is 144 Å². The Hall–Kier alpha value is -2.13. The first-order chi connectivity index (χ1) is 11.8. The molecule has 0 aliphatic heterocycles. The van der Waals surface area contributed by atoms with Crippen LogP contribution in [-0.2, 0) is 17.8 Å². The van der Waals surface area contributed by atoms with E-state index in [1.165, 1.54) is 21.6 Å². The van der Waals surface area contributed by atoms with Crippen molar-refractivity contribution in [2.45, 2.75) is 38.8 Å². The van der Waals surface area contributed by atoms with E-state index >= 15 is 0 Å². The molecule has 126 valence electrons. The van der Waals surface area contributed by atoms with Gasteiger partial charge >= 0.3 is 0 Å². The Morgan fingerprint density at radius 3 is 2.67 bits per heavy atom. The number of likely N-dealkylation sites (N-methyl/N-ethyl adjacent to an activating group) is 1. The maximum atomic E-state index is 12.5. The molecule has 2 aromatic rings. The fourth-order valence-corrected chi connectivity index (χ4v) is 3.57. The van der Waals surface area contributed by atoms with Gasteiger partial charge in [0.25, 0.3) is 5.91 Å². The lowest BCUT2D eigenvalue weighted by Gasteiger charge is -2.27. The number of quaternary nitrogens is 1. The van der Waals surface area contributed by atoms with Crippen LogP contribution in [0.1, 0.15) is 42.5 Å². The third-order valence-electron chi connectivity index (χ3n) is 4.91. The van der Waals surface area contributed by atoms with Crippen LogP contribution in [0, 0.1) is 0 Å². The van der Waals surface area contributed by atoms with Crippen molar-refractivity contribution >= 4 is 5.91 Å². The van der Waals surface area contributed by atoms with E-state index in [1.54, 1.807) is 0 Å². The van der Waals surface area contributed by atoms with Gasteiger partial charge in [-0.2, -0.15) is 0 Å². The van der Waals surface area contributed by atoms with Crippen LogP contribution in [-0.4, -0.2) is 19.0 Å². The van der Waals surface area contributed by atoms with Gasteiger partial charge in [-0.15, -0.1) is 0 Å². The van der Waals surface area contributed by atoms with Crippen LogP contribution in [0.2, 0.25) is 0 Å². The molecule has 0 radical (unpaired) electrons. The number of benzene rings is 2. The summed E-state index contributed by atoms with van der Waals surface area (Å²) in [6.45, 7) is 4.51. The van der Waals surface area contributed by atoms with Gasteiger partial charge in [0.1, 0.15) is 6.54 Å². The topological polar surface area (TPSA) is 33.5 Å². The van der Waals surface area contributed by atoms with E-state index in [0.717, 1.165) is 32.4 Å².